The molecular weight excluding hydrogens is 789 g/mol. The summed E-state index contributed by atoms with van der Waals surface area (Å²) in [5.41, 5.74) is 17.5. The van der Waals surface area contributed by atoms with Gasteiger partial charge in [0, 0.05) is 55.6 Å². The highest BCUT2D eigenvalue weighted by atomic mass is 16.3. The molecule has 10 aromatic carbocycles. The molecule has 2 aromatic heterocycles. The van der Waals surface area contributed by atoms with Crippen LogP contribution in [0.25, 0.3) is 77.1 Å². The lowest BCUT2D eigenvalue weighted by atomic mass is 9.67. The van der Waals surface area contributed by atoms with Crippen molar-refractivity contribution in [3.63, 3.8) is 0 Å². The van der Waals surface area contributed by atoms with Gasteiger partial charge in [0.2, 0.25) is 0 Å². The molecule has 2 heterocycles. The fraction of sp³-hybridized carbons (Fsp3) is 0.0161. The van der Waals surface area contributed by atoms with E-state index in [4.69, 9.17) is 9.40 Å². The lowest BCUT2D eigenvalue weighted by Gasteiger charge is -2.34. The normalized spacial score (nSPS) is 12.7. The third kappa shape index (κ3) is 5.72. The van der Waals surface area contributed by atoms with Gasteiger partial charge in [-0.15, -0.1) is 0 Å². The molecule has 0 aliphatic heterocycles. The quantitative estimate of drug-likeness (QED) is 0.150. The zero-order valence-electron chi connectivity index (χ0n) is 35.4. The molecular formula is C62H40N2O. The molecule has 12 aromatic rings. The van der Waals surface area contributed by atoms with Gasteiger partial charge in [0.15, 0.2) is 0 Å². The van der Waals surface area contributed by atoms with Gasteiger partial charge in [0.05, 0.1) is 16.6 Å². The number of anilines is 3. The molecule has 0 unspecified atom stereocenters. The lowest BCUT2D eigenvalue weighted by Crippen LogP contribution is -2.28. The molecule has 3 heteroatoms. The Morgan fingerprint density at radius 1 is 0.369 bits per heavy atom. The molecule has 0 saturated heterocycles. The second-order valence-corrected chi connectivity index (χ2v) is 17.0. The largest absolute Gasteiger partial charge is 0.456 e. The summed E-state index contributed by atoms with van der Waals surface area (Å²) in [7, 11) is 0. The lowest BCUT2D eigenvalue weighted by molar-refractivity contribution is 0.669. The number of aromatic nitrogens is 1. The number of para-hydroxylation sites is 3. The highest BCUT2D eigenvalue weighted by Crippen LogP contribution is 2.59. The van der Waals surface area contributed by atoms with E-state index in [9.17, 15) is 0 Å². The maximum Gasteiger partial charge on any atom is 0.137 e. The second kappa shape index (κ2) is 14.8. The summed E-state index contributed by atoms with van der Waals surface area (Å²) in [5, 5.41) is 5.79. The van der Waals surface area contributed by atoms with Crippen molar-refractivity contribution in [2.24, 2.45) is 0 Å². The number of hydrogen-bond acceptors (Lipinski definition) is 3. The standard InChI is InChI=1S/C62H40N2O/c1-4-16-44(17-5-1)62(45-18-6-2-7-19-45)54-25-13-10-23-51(54)60-55(62)39-38-53-59(60)52-24-11-14-26-56(52)63-61(53)43-30-28-41(29-31-43)42-32-34-47(35-33-42)64(46-20-8-3-9-21-46)48-36-37-50-49-22-12-15-27-57(49)65-58(50)40-48/h1-40H. The van der Waals surface area contributed by atoms with E-state index in [1.165, 1.54) is 38.8 Å². The first-order valence-electron chi connectivity index (χ1n) is 22.3. The van der Waals surface area contributed by atoms with E-state index in [2.05, 4.69) is 235 Å². The Morgan fingerprint density at radius 3 is 1.65 bits per heavy atom. The average Bonchev–Trinajstić information content (AvgIpc) is 3.91. The molecule has 1 aliphatic rings. The molecule has 0 fully saturated rings. The zero-order valence-corrected chi connectivity index (χ0v) is 35.4. The molecule has 0 amide bonds. The number of nitrogens with zero attached hydrogens (tertiary/aromatic N) is 2. The topological polar surface area (TPSA) is 29.3 Å². The molecule has 0 radical (unpaired) electrons. The SMILES string of the molecule is c1ccc(N(c2ccc(-c3ccc(-c4nc5ccccc5c5c6c(ccc45)C(c4ccccc4)(c4ccccc4)c4ccccc4-6)cc3)cc2)c2ccc3c(c2)oc2ccccc23)cc1. The molecule has 65 heavy (non-hydrogen) atoms. The van der Waals surface area contributed by atoms with Crippen LogP contribution in [-0.2, 0) is 5.41 Å². The Kier molecular flexibility index (Phi) is 8.44. The van der Waals surface area contributed by atoms with Crippen LogP contribution in [0.1, 0.15) is 22.3 Å². The summed E-state index contributed by atoms with van der Waals surface area (Å²) in [6, 6.07) is 87.5. The van der Waals surface area contributed by atoms with Gasteiger partial charge in [0.25, 0.3) is 0 Å². The third-order valence-corrected chi connectivity index (χ3v) is 13.5. The van der Waals surface area contributed by atoms with Crippen LogP contribution < -0.4 is 4.90 Å². The molecule has 0 saturated carbocycles. The highest BCUT2D eigenvalue weighted by Gasteiger charge is 2.46. The Morgan fingerprint density at radius 2 is 0.908 bits per heavy atom. The average molecular weight is 829 g/mol. The van der Waals surface area contributed by atoms with Gasteiger partial charge in [-0.25, -0.2) is 4.98 Å². The van der Waals surface area contributed by atoms with Crippen molar-refractivity contribution >= 4 is 60.7 Å². The molecule has 304 valence electrons. The number of fused-ring (bicyclic) bond motifs is 10. The summed E-state index contributed by atoms with van der Waals surface area (Å²) in [5.74, 6) is 0. The number of furan rings is 1. The van der Waals surface area contributed by atoms with Gasteiger partial charge >= 0.3 is 0 Å². The van der Waals surface area contributed by atoms with E-state index in [-0.39, 0.29) is 0 Å². The van der Waals surface area contributed by atoms with Crippen LogP contribution in [0, 0.1) is 0 Å². The maximum absolute atomic E-state index is 6.32. The predicted octanol–water partition coefficient (Wildman–Crippen LogP) is 16.5. The Bertz CT molecular complexity index is 3710. The summed E-state index contributed by atoms with van der Waals surface area (Å²) in [6.45, 7) is 0. The Hall–Kier alpha value is -8.53. The van der Waals surface area contributed by atoms with Crippen molar-refractivity contribution in [1.82, 2.24) is 4.98 Å². The van der Waals surface area contributed by atoms with E-state index >= 15 is 0 Å². The number of benzene rings is 10. The predicted molar refractivity (Wildman–Crippen MR) is 269 cm³/mol. The number of hydrogen-bond donors (Lipinski definition) is 0. The fourth-order valence-corrected chi connectivity index (χ4v) is 10.7. The smallest absolute Gasteiger partial charge is 0.137 e. The molecule has 0 N–H and O–H groups in total. The first-order valence-corrected chi connectivity index (χ1v) is 22.3. The van der Waals surface area contributed by atoms with Crippen molar-refractivity contribution in [2.75, 3.05) is 4.90 Å². The molecule has 0 bridgehead atoms. The number of rotatable bonds is 7. The van der Waals surface area contributed by atoms with Crippen LogP contribution >= 0.6 is 0 Å². The first kappa shape index (κ1) is 37.1. The van der Waals surface area contributed by atoms with Crippen LogP contribution in [0.2, 0.25) is 0 Å². The molecule has 1 aliphatic carbocycles. The minimum atomic E-state index is -0.482. The second-order valence-electron chi connectivity index (χ2n) is 17.0. The summed E-state index contributed by atoms with van der Waals surface area (Å²) < 4.78 is 6.32. The molecule has 0 atom stereocenters. The zero-order chi connectivity index (χ0) is 42.9. The van der Waals surface area contributed by atoms with Gasteiger partial charge in [-0.3, -0.25) is 0 Å². The van der Waals surface area contributed by atoms with Crippen LogP contribution in [0.4, 0.5) is 17.1 Å². The fourth-order valence-electron chi connectivity index (χ4n) is 10.7. The maximum atomic E-state index is 6.32. The number of pyridine rings is 1. The summed E-state index contributed by atoms with van der Waals surface area (Å²) in [6.07, 6.45) is 0. The van der Waals surface area contributed by atoms with Crippen molar-refractivity contribution in [1.29, 1.82) is 0 Å². The summed E-state index contributed by atoms with van der Waals surface area (Å²) in [4.78, 5) is 7.70. The van der Waals surface area contributed by atoms with Gasteiger partial charge in [-0.2, -0.15) is 0 Å². The first-order chi connectivity index (χ1) is 32.2. The van der Waals surface area contributed by atoms with E-state index < -0.39 is 5.41 Å². The van der Waals surface area contributed by atoms with Gasteiger partial charge in [0.1, 0.15) is 11.2 Å². The van der Waals surface area contributed by atoms with Crippen LogP contribution in [0.5, 0.6) is 0 Å². The van der Waals surface area contributed by atoms with Crippen molar-refractivity contribution in [2.45, 2.75) is 5.41 Å². The Labute approximate surface area is 377 Å². The minimum absolute atomic E-state index is 0.482. The van der Waals surface area contributed by atoms with E-state index in [1.54, 1.807) is 0 Å². The molecule has 13 rings (SSSR count). The minimum Gasteiger partial charge on any atom is -0.456 e. The van der Waals surface area contributed by atoms with Crippen molar-refractivity contribution < 1.29 is 4.42 Å². The van der Waals surface area contributed by atoms with Gasteiger partial charge in [-0.1, -0.05) is 188 Å². The Balaban J connectivity index is 0.916. The summed E-state index contributed by atoms with van der Waals surface area (Å²) >= 11 is 0. The van der Waals surface area contributed by atoms with Gasteiger partial charge in [-0.05, 0) is 93.0 Å². The molecule has 0 spiro atoms. The van der Waals surface area contributed by atoms with E-state index in [0.29, 0.717) is 0 Å². The van der Waals surface area contributed by atoms with Crippen LogP contribution in [-0.4, -0.2) is 4.98 Å². The third-order valence-electron chi connectivity index (χ3n) is 13.5. The monoisotopic (exact) mass is 828 g/mol. The van der Waals surface area contributed by atoms with Gasteiger partial charge < -0.3 is 9.32 Å². The van der Waals surface area contributed by atoms with E-state index in [1.807, 2.05) is 12.1 Å². The van der Waals surface area contributed by atoms with E-state index in [0.717, 1.165) is 77.7 Å². The van der Waals surface area contributed by atoms with Crippen LogP contribution in [0.3, 0.4) is 0 Å². The van der Waals surface area contributed by atoms with Crippen molar-refractivity contribution in [3.8, 4) is 33.5 Å². The molecule has 3 nitrogen and oxygen atoms in total. The highest BCUT2D eigenvalue weighted by molar-refractivity contribution is 6.19. The van der Waals surface area contributed by atoms with Crippen LogP contribution in [0.15, 0.2) is 247 Å². The van der Waals surface area contributed by atoms with Crippen molar-refractivity contribution in [3.05, 3.63) is 265 Å².